The Morgan fingerprint density at radius 2 is 1.90 bits per heavy atom. The van der Waals surface area contributed by atoms with E-state index in [1.54, 1.807) is 6.07 Å². The minimum atomic E-state index is -1.05. The summed E-state index contributed by atoms with van der Waals surface area (Å²) >= 11 is 0. The molecule has 31 heavy (non-hydrogen) atoms. The number of hydrogen-bond donors (Lipinski definition) is 2. The molecule has 0 fully saturated rings. The lowest BCUT2D eigenvalue weighted by Gasteiger charge is -2.15. The molecule has 0 aliphatic rings. The fourth-order valence-electron chi connectivity index (χ4n) is 3.28. The molecule has 0 aliphatic heterocycles. The second kappa shape index (κ2) is 9.84. The number of rotatable bonds is 10. The van der Waals surface area contributed by atoms with Crippen LogP contribution in [0.1, 0.15) is 53.1 Å². The van der Waals surface area contributed by atoms with Crippen LogP contribution in [0.4, 0.5) is 0 Å². The number of ether oxygens (including phenoxy) is 1. The molecule has 0 bridgehead atoms. The second-order valence-corrected chi connectivity index (χ2v) is 7.11. The molecule has 0 aliphatic carbocycles. The average Bonchev–Trinajstić information content (AvgIpc) is 3.15. The molecule has 1 heterocycles. The zero-order chi connectivity index (χ0) is 22.4. The van der Waals surface area contributed by atoms with Crippen molar-refractivity contribution in [1.82, 2.24) is 20.2 Å². The minimum Gasteiger partial charge on any atom is -0.507 e. The van der Waals surface area contributed by atoms with Gasteiger partial charge < -0.3 is 14.9 Å². The minimum absolute atomic E-state index is 0.0166. The van der Waals surface area contributed by atoms with Crippen LogP contribution < -0.4 is 4.74 Å². The monoisotopic (exact) mass is 424 g/mol. The molecule has 0 spiro atoms. The van der Waals surface area contributed by atoms with Crippen LogP contribution in [-0.4, -0.2) is 42.2 Å². The molecule has 162 valence electrons. The van der Waals surface area contributed by atoms with Gasteiger partial charge in [-0.15, -0.1) is 10.2 Å². The van der Waals surface area contributed by atoms with Gasteiger partial charge in [-0.2, -0.15) is 4.80 Å². The Kier molecular flexibility index (Phi) is 6.96. The summed E-state index contributed by atoms with van der Waals surface area (Å²) in [5.74, 6) is -0.212. The maximum absolute atomic E-state index is 11.7. The number of phenols is 1. The number of carbonyl (C=O) groups excluding carboxylic acids is 1. The van der Waals surface area contributed by atoms with Gasteiger partial charge in [-0.25, -0.2) is 0 Å². The Labute approximate surface area is 179 Å². The Morgan fingerprint density at radius 1 is 1.13 bits per heavy atom. The lowest BCUT2D eigenvalue weighted by molar-refractivity contribution is -0.138. The molecule has 2 aromatic carbocycles. The normalized spacial score (nSPS) is 10.8. The zero-order valence-electron chi connectivity index (χ0n) is 17.4. The standard InChI is InChI=1S/C22H24N4O5/c1-3-6-18-16(9-10-17(14(2)27)22(18)30)13-31-19-8-5-4-7-15(19)11-20-23-25-26(24-20)12-21(28)29/h4-5,7-10,30H,3,6,11-13H2,1-2H3,(H,28,29). The Bertz CT molecular complexity index is 1090. The van der Waals surface area contributed by atoms with Gasteiger partial charge in [0, 0.05) is 17.5 Å². The van der Waals surface area contributed by atoms with Crippen LogP contribution in [0.3, 0.4) is 0 Å². The fraction of sp³-hybridized carbons (Fsp3) is 0.318. The summed E-state index contributed by atoms with van der Waals surface area (Å²) in [6.45, 7) is 3.30. The SMILES string of the molecule is CCCc1c(COc2ccccc2Cc2nnn(CC(=O)O)n2)ccc(C(C)=O)c1O. The van der Waals surface area contributed by atoms with Gasteiger partial charge in [0.05, 0.1) is 5.56 Å². The first-order valence-corrected chi connectivity index (χ1v) is 9.92. The van der Waals surface area contributed by atoms with E-state index in [1.165, 1.54) is 6.92 Å². The van der Waals surface area contributed by atoms with Gasteiger partial charge in [0.25, 0.3) is 0 Å². The number of aliphatic carboxylic acids is 1. The van der Waals surface area contributed by atoms with Crippen LogP contribution >= 0.6 is 0 Å². The van der Waals surface area contributed by atoms with Gasteiger partial charge in [0.15, 0.2) is 18.2 Å². The largest absolute Gasteiger partial charge is 0.507 e. The summed E-state index contributed by atoms with van der Waals surface area (Å²) in [5.41, 5.74) is 2.65. The van der Waals surface area contributed by atoms with Gasteiger partial charge in [-0.05, 0) is 36.3 Å². The number of carboxylic acids is 1. The number of hydrogen-bond acceptors (Lipinski definition) is 7. The molecular weight excluding hydrogens is 400 g/mol. The molecule has 0 unspecified atom stereocenters. The number of tetrazole rings is 1. The lowest BCUT2D eigenvalue weighted by Crippen LogP contribution is -2.11. The maximum atomic E-state index is 11.7. The highest BCUT2D eigenvalue weighted by Crippen LogP contribution is 2.29. The van der Waals surface area contributed by atoms with Gasteiger partial charge in [-0.3, -0.25) is 9.59 Å². The first-order chi connectivity index (χ1) is 14.9. The molecule has 2 N–H and O–H groups in total. The molecule has 9 nitrogen and oxygen atoms in total. The molecule has 9 heteroatoms. The molecule has 0 atom stereocenters. The van der Waals surface area contributed by atoms with Crippen LogP contribution in [-0.2, 0) is 30.8 Å². The van der Waals surface area contributed by atoms with E-state index in [2.05, 4.69) is 15.4 Å². The van der Waals surface area contributed by atoms with E-state index in [-0.39, 0.29) is 24.7 Å². The number of carbonyl (C=O) groups is 2. The highest BCUT2D eigenvalue weighted by Gasteiger charge is 2.16. The first kappa shape index (κ1) is 21.9. The zero-order valence-corrected chi connectivity index (χ0v) is 17.4. The van der Waals surface area contributed by atoms with Crippen LogP contribution in [0.25, 0.3) is 0 Å². The average molecular weight is 424 g/mol. The summed E-state index contributed by atoms with van der Waals surface area (Å²) in [6.07, 6.45) is 1.77. The highest BCUT2D eigenvalue weighted by atomic mass is 16.5. The van der Waals surface area contributed by atoms with Crippen molar-refractivity contribution in [2.75, 3.05) is 0 Å². The number of aromatic nitrogens is 4. The number of ketones is 1. The molecule has 0 amide bonds. The number of nitrogens with zero attached hydrogens (tertiary/aromatic N) is 4. The molecule has 1 aromatic heterocycles. The van der Waals surface area contributed by atoms with E-state index in [0.29, 0.717) is 35.5 Å². The van der Waals surface area contributed by atoms with Gasteiger partial charge in [-0.1, -0.05) is 37.6 Å². The van der Waals surface area contributed by atoms with Crippen molar-refractivity contribution in [2.24, 2.45) is 0 Å². The maximum Gasteiger partial charge on any atom is 0.327 e. The number of benzene rings is 2. The highest BCUT2D eigenvalue weighted by molar-refractivity contribution is 5.97. The third kappa shape index (κ3) is 5.44. The lowest BCUT2D eigenvalue weighted by atomic mass is 9.97. The Balaban J connectivity index is 1.79. The topological polar surface area (TPSA) is 127 Å². The van der Waals surface area contributed by atoms with Crippen molar-refractivity contribution >= 4 is 11.8 Å². The Hall–Kier alpha value is -3.75. The smallest absolute Gasteiger partial charge is 0.327 e. The van der Waals surface area contributed by atoms with E-state index in [0.717, 1.165) is 22.3 Å². The quantitative estimate of drug-likeness (QED) is 0.476. The van der Waals surface area contributed by atoms with E-state index < -0.39 is 5.97 Å². The predicted molar refractivity (Wildman–Crippen MR) is 111 cm³/mol. The molecule has 3 aromatic rings. The van der Waals surface area contributed by atoms with E-state index in [9.17, 15) is 14.7 Å². The molecular formula is C22H24N4O5. The summed E-state index contributed by atoms with van der Waals surface area (Å²) in [5, 5.41) is 31.1. The summed E-state index contributed by atoms with van der Waals surface area (Å²) in [7, 11) is 0. The van der Waals surface area contributed by atoms with Gasteiger partial charge in [0.2, 0.25) is 0 Å². The van der Waals surface area contributed by atoms with Crippen molar-refractivity contribution in [2.45, 2.75) is 46.3 Å². The van der Waals surface area contributed by atoms with Crippen molar-refractivity contribution in [3.63, 3.8) is 0 Å². The van der Waals surface area contributed by atoms with Crippen molar-refractivity contribution < 1.29 is 24.5 Å². The van der Waals surface area contributed by atoms with E-state index >= 15 is 0 Å². The molecule has 3 rings (SSSR count). The first-order valence-electron chi connectivity index (χ1n) is 9.92. The summed E-state index contributed by atoms with van der Waals surface area (Å²) in [4.78, 5) is 23.6. The number of Topliss-reactive ketones (excluding diaryl/α,β-unsaturated/α-hetero) is 1. The van der Waals surface area contributed by atoms with Gasteiger partial charge >= 0.3 is 5.97 Å². The summed E-state index contributed by atoms with van der Waals surface area (Å²) < 4.78 is 6.04. The Morgan fingerprint density at radius 3 is 2.61 bits per heavy atom. The summed E-state index contributed by atoms with van der Waals surface area (Å²) in [6, 6.07) is 10.8. The molecule has 0 saturated carbocycles. The molecule has 0 radical (unpaired) electrons. The van der Waals surface area contributed by atoms with Crippen LogP contribution in [0, 0.1) is 0 Å². The number of para-hydroxylation sites is 1. The third-order valence-electron chi connectivity index (χ3n) is 4.73. The fourth-order valence-corrected chi connectivity index (χ4v) is 3.28. The van der Waals surface area contributed by atoms with Crippen molar-refractivity contribution in [1.29, 1.82) is 0 Å². The van der Waals surface area contributed by atoms with Crippen LogP contribution in [0.15, 0.2) is 36.4 Å². The van der Waals surface area contributed by atoms with Crippen LogP contribution in [0.2, 0.25) is 0 Å². The predicted octanol–water partition coefficient (Wildman–Crippen LogP) is 2.79. The van der Waals surface area contributed by atoms with E-state index in [1.807, 2.05) is 37.3 Å². The molecule has 0 saturated heterocycles. The van der Waals surface area contributed by atoms with Crippen molar-refractivity contribution in [3.8, 4) is 11.5 Å². The van der Waals surface area contributed by atoms with Crippen molar-refractivity contribution in [3.05, 3.63) is 64.5 Å². The number of carboxylic acid groups (broad SMARTS) is 1. The number of aromatic hydroxyl groups is 1. The third-order valence-corrected chi connectivity index (χ3v) is 4.73. The second-order valence-electron chi connectivity index (χ2n) is 7.11. The van der Waals surface area contributed by atoms with Gasteiger partial charge in [0.1, 0.15) is 18.1 Å². The van der Waals surface area contributed by atoms with E-state index in [4.69, 9.17) is 9.84 Å². The van der Waals surface area contributed by atoms with Crippen LogP contribution in [0.5, 0.6) is 11.5 Å². The number of phenolic OH excluding ortho intramolecular Hbond substituents is 1.